The summed E-state index contributed by atoms with van der Waals surface area (Å²) in [6, 6.07) is 4.09. The fraction of sp³-hybridized carbons (Fsp3) is 0.533. The molecule has 3 rings (SSSR count). The van der Waals surface area contributed by atoms with E-state index in [4.69, 9.17) is 12.2 Å². The van der Waals surface area contributed by atoms with Crippen molar-refractivity contribution in [3.05, 3.63) is 28.5 Å². The number of aromatic nitrogens is 2. The third-order valence-electron chi connectivity index (χ3n) is 4.44. The molecular weight excluding hydrogens is 297 g/mol. The van der Waals surface area contributed by atoms with E-state index in [1.54, 1.807) is 0 Å². The summed E-state index contributed by atoms with van der Waals surface area (Å²) < 4.78 is 40.9. The van der Waals surface area contributed by atoms with E-state index in [0.717, 1.165) is 36.9 Å². The van der Waals surface area contributed by atoms with Crippen molar-refractivity contribution in [1.82, 2.24) is 9.55 Å². The largest absolute Gasteiger partial charge is 0.416 e. The van der Waals surface area contributed by atoms with Crippen LogP contribution in [0.25, 0.3) is 11.0 Å². The van der Waals surface area contributed by atoms with Crippen molar-refractivity contribution in [2.24, 2.45) is 5.92 Å². The molecule has 1 fully saturated rings. The topological polar surface area (TPSA) is 20.7 Å². The highest BCUT2D eigenvalue weighted by atomic mass is 32.1. The van der Waals surface area contributed by atoms with Gasteiger partial charge in [-0.05, 0) is 49.2 Å². The maximum atomic E-state index is 12.8. The van der Waals surface area contributed by atoms with Crippen molar-refractivity contribution in [3.8, 4) is 0 Å². The first kappa shape index (κ1) is 14.6. The quantitative estimate of drug-likeness (QED) is 0.692. The number of halogens is 3. The van der Waals surface area contributed by atoms with Crippen LogP contribution in [0.4, 0.5) is 13.2 Å². The molecule has 1 N–H and O–H groups in total. The van der Waals surface area contributed by atoms with E-state index in [9.17, 15) is 13.2 Å². The van der Waals surface area contributed by atoms with Gasteiger partial charge in [-0.1, -0.05) is 19.8 Å². The van der Waals surface area contributed by atoms with Gasteiger partial charge in [0.1, 0.15) is 0 Å². The molecule has 1 heterocycles. The van der Waals surface area contributed by atoms with Crippen molar-refractivity contribution >= 4 is 23.3 Å². The van der Waals surface area contributed by atoms with E-state index in [1.807, 2.05) is 4.57 Å². The Bertz CT molecular complexity index is 714. The number of nitrogens with zero attached hydrogens (tertiary/aromatic N) is 1. The van der Waals surface area contributed by atoms with E-state index in [-0.39, 0.29) is 6.04 Å². The molecule has 21 heavy (non-hydrogen) atoms. The number of hydrogen-bond acceptors (Lipinski definition) is 1. The van der Waals surface area contributed by atoms with Gasteiger partial charge in [0.2, 0.25) is 0 Å². The molecule has 1 aliphatic rings. The molecule has 0 saturated heterocycles. The Morgan fingerprint density at radius 1 is 1.24 bits per heavy atom. The van der Waals surface area contributed by atoms with E-state index in [1.165, 1.54) is 12.5 Å². The van der Waals surface area contributed by atoms with Crippen LogP contribution in [0.3, 0.4) is 0 Å². The fourth-order valence-electron chi connectivity index (χ4n) is 3.32. The Labute approximate surface area is 126 Å². The van der Waals surface area contributed by atoms with Crippen LogP contribution >= 0.6 is 12.2 Å². The number of H-pyrrole nitrogens is 1. The van der Waals surface area contributed by atoms with Crippen LogP contribution in [-0.2, 0) is 6.18 Å². The highest BCUT2D eigenvalue weighted by Crippen LogP contribution is 2.37. The number of hydrogen-bond donors (Lipinski definition) is 1. The van der Waals surface area contributed by atoms with Gasteiger partial charge >= 0.3 is 6.18 Å². The zero-order valence-corrected chi connectivity index (χ0v) is 12.5. The van der Waals surface area contributed by atoms with Crippen LogP contribution in [-0.4, -0.2) is 9.55 Å². The van der Waals surface area contributed by atoms with Crippen molar-refractivity contribution in [2.75, 3.05) is 0 Å². The van der Waals surface area contributed by atoms with E-state index in [2.05, 4.69) is 11.9 Å². The predicted octanol–water partition coefficient (Wildman–Crippen LogP) is 5.47. The molecule has 0 radical (unpaired) electrons. The zero-order valence-electron chi connectivity index (χ0n) is 11.7. The van der Waals surface area contributed by atoms with Crippen molar-refractivity contribution < 1.29 is 13.2 Å². The second kappa shape index (κ2) is 5.16. The van der Waals surface area contributed by atoms with Crippen LogP contribution in [0, 0.1) is 10.7 Å². The zero-order chi connectivity index (χ0) is 15.2. The van der Waals surface area contributed by atoms with Gasteiger partial charge in [-0.2, -0.15) is 13.2 Å². The normalized spacial score (nSPS) is 23.6. The van der Waals surface area contributed by atoms with Gasteiger partial charge in [-0.25, -0.2) is 0 Å². The molecule has 1 aromatic heterocycles. The number of fused-ring (bicyclic) bond motifs is 1. The second-order valence-electron chi connectivity index (χ2n) is 5.86. The summed E-state index contributed by atoms with van der Waals surface area (Å²) in [5, 5.41) is 0. The lowest BCUT2D eigenvalue weighted by atomic mass is 9.85. The molecule has 0 bridgehead atoms. The van der Waals surface area contributed by atoms with Crippen LogP contribution in [0.2, 0.25) is 0 Å². The highest BCUT2D eigenvalue weighted by molar-refractivity contribution is 7.71. The standard InChI is InChI=1S/C15H17F3N2S/c1-9-4-2-3-5-12(9)20-13-7-6-10(15(16,17)18)8-11(13)19-14(20)21/h6-9,12H,2-5H2,1H3,(H,19,21). The van der Waals surface area contributed by atoms with Crippen molar-refractivity contribution in [3.63, 3.8) is 0 Å². The maximum absolute atomic E-state index is 12.8. The molecule has 6 heteroatoms. The van der Waals surface area contributed by atoms with Gasteiger partial charge in [0.15, 0.2) is 4.77 Å². The molecule has 2 atom stereocenters. The van der Waals surface area contributed by atoms with Crippen LogP contribution in [0.1, 0.15) is 44.2 Å². The summed E-state index contributed by atoms with van der Waals surface area (Å²) >= 11 is 5.35. The molecule has 1 saturated carbocycles. The van der Waals surface area contributed by atoms with Gasteiger partial charge in [-0.3, -0.25) is 0 Å². The summed E-state index contributed by atoms with van der Waals surface area (Å²) in [6.45, 7) is 2.19. The third-order valence-corrected chi connectivity index (χ3v) is 4.74. The van der Waals surface area contributed by atoms with E-state index in [0.29, 0.717) is 16.2 Å². The average molecular weight is 314 g/mol. The summed E-state index contributed by atoms with van der Waals surface area (Å²) in [4.78, 5) is 2.94. The third kappa shape index (κ3) is 2.61. The number of nitrogens with one attached hydrogen (secondary N) is 1. The summed E-state index contributed by atoms with van der Waals surface area (Å²) in [5.41, 5.74) is 0.592. The molecule has 0 aliphatic heterocycles. The van der Waals surface area contributed by atoms with Crippen molar-refractivity contribution in [2.45, 2.75) is 44.8 Å². The molecule has 2 aromatic rings. The molecule has 114 valence electrons. The maximum Gasteiger partial charge on any atom is 0.416 e. The Hall–Kier alpha value is -1.30. The van der Waals surface area contributed by atoms with Crippen LogP contribution in [0.5, 0.6) is 0 Å². The Morgan fingerprint density at radius 3 is 2.62 bits per heavy atom. The number of aromatic amines is 1. The molecular formula is C15H17F3N2S. The molecule has 1 aliphatic carbocycles. The van der Waals surface area contributed by atoms with E-state index >= 15 is 0 Å². The number of rotatable bonds is 1. The lowest BCUT2D eigenvalue weighted by Gasteiger charge is -2.30. The van der Waals surface area contributed by atoms with Gasteiger partial charge in [0.05, 0.1) is 16.6 Å². The molecule has 2 unspecified atom stereocenters. The fourth-order valence-corrected chi connectivity index (χ4v) is 3.66. The lowest BCUT2D eigenvalue weighted by Crippen LogP contribution is -2.21. The molecule has 1 aromatic carbocycles. The van der Waals surface area contributed by atoms with Gasteiger partial charge < -0.3 is 9.55 Å². The van der Waals surface area contributed by atoms with Gasteiger partial charge in [-0.15, -0.1) is 0 Å². The van der Waals surface area contributed by atoms with Gasteiger partial charge in [0, 0.05) is 6.04 Å². The molecule has 2 nitrogen and oxygen atoms in total. The first-order chi connectivity index (χ1) is 9.88. The number of imidazole rings is 1. The van der Waals surface area contributed by atoms with Crippen molar-refractivity contribution in [1.29, 1.82) is 0 Å². The first-order valence-electron chi connectivity index (χ1n) is 7.19. The Kier molecular flexibility index (Phi) is 3.59. The monoisotopic (exact) mass is 314 g/mol. The minimum atomic E-state index is -4.33. The summed E-state index contributed by atoms with van der Waals surface area (Å²) in [7, 11) is 0. The average Bonchev–Trinajstić information content (AvgIpc) is 2.73. The predicted molar refractivity (Wildman–Crippen MR) is 78.8 cm³/mol. The molecule has 0 spiro atoms. The van der Waals surface area contributed by atoms with Gasteiger partial charge in [0.25, 0.3) is 0 Å². The van der Waals surface area contributed by atoms with Crippen LogP contribution in [0.15, 0.2) is 18.2 Å². The second-order valence-corrected chi connectivity index (χ2v) is 6.25. The minimum absolute atomic E-state index is 0.275. The van der Waals surface area contributed by atoms with Crippen LogP contribution < -0.4 is 0 Å². The number of benzene rings is 1. The summed E-state index contributed by atoms with van der Waals surface area (Å²) in [6.07, 6.45) is 0.197. The minimum Gasteiger partial charge on any atom is -0.331 e. The lowest BCUT2D eigenvalue weighted by molar-refractivity contribution is -0.137. The SMILES string of the molecule is CC1CCCCC1n1c(=S)[nH]c2cc(C(F)(F)F)ccc21. The smallest absolute Gasteiger partial charge is 0.331 e. The Balaban J connectivity index is 2.12. The highest BCUT2D eigenvalue weighted by Gasteiger charge is 2.31. The Morgan fingerprint density at radius 2 is 1.95 bits per heavy atom. The number of alkyl halides is 3. The molecule has 0 amide bonds. The van der Waals surface area contributed by atoms with E-state index < -0.39 is 11.7 Å². The summed E-state index contributed by atoms with van der Waals surface area (Å²) in [5.74, 6) is 0.492. The first-order valence-corrected chi connectivity index (χ1v) is 7.60.